The third-order valence-corrected chi connectivity index (χ3v) is 3.67. The lowest BCUT2D eigenvalue weighted by atomic mass is 9.86. The molecule has 0 spiro atoms. The number of nitrogens with one attached hydrogen (secondary N) is 1. The third kappa shape index (κ3) is 5.04. The first-order chi connectivity index (χ1) is 11.8. The number of aromatic nitrogens is 1. The summed E-state index contributed by atoms with van der Waals surface area (Å²) < 4.78 is 4.66. The van der Waals surface area contributed by atoms with E-state index in [0.29, 0.717) is 11.4 Å². The molecule has 1 aromatic heterocycles. The number of carbonyl (C=O) groups excluding carboxylic acids is 2. The van der Waals surface area contributed by atoms with Crippen molar-refractivity contribution in [1.29, 1.82) is 0 Å². The number of benzene rings is 1. The number of hydrogen-bond donors (Lipinski definition) is 1. The van der Waals surface area contributed by atoms with Gasteiger partial charge in [-0.3, -0.25) is 9.59 Å². The van der Waals surface area contributed by atoms with Crippen LogP contribution in [0.2, 0.25) is 0 Å². The Bertz CT molecular complexity index is 728. The minimum absolute atomic E-state index is 0.0138. The number of amides is 2. The van der Waals surface area contributed by atoms with Crippen molar-refractivity contribution >= 4 is 17.6 Å². The Hall–Kier alpha value is -2.89. The highest BCUT2D eigenvalue weighted by Gasteiger charge is 2.20. The second kappa shape index (κ2) is 7.79. The summed E-state index contributed by atoms with van der Waals surface area (Å²) in [5.41, 5.74) is 1.69. The Kier molecular flexibility index (Phi) is 5.75. The summed E-state index contributed by atoms with van der Waals surface area (Å²) in [6.07, 6.45) is 2.95. The first-order valence-corrected chi connectivity index (χ1v) is 8.02. The van der Waals surface area contributed by atoms with Gasteiger partial charge in [-0.15, -0.1) is 6.58 Å². The number of hydrogen-bond acceptors (Lipinski definition) is 4. The van der Waals surface area contributed by atoms with Crippen LogP contribution >= 0.6 is 0 Å². The van der Waals surface area contributed by atoms with Crippen LogP contribution in [0.1, 0.15) is 36.7 Å². The van der Waals surface area contributed by atoms with Gasteiger partial charge in [-0.2, -0.15) is 0 Å². The summed E-state index contributed by atoms with van der Waals surface area (Å²) in [6, 6.07) is 8.98. The molecule has 132 valence electrons. The van der Waals surface area contributed by atoms with E-state index in [-0.39, 0.29) is 30.3 Å². The topological polar surface area (TPSA) is 75.4 Å². The highest BCUT2D eigenvalue weighted by molar-refractivity contribution is 5.99. The van der Waals surface area contributed by atoms with E-state index in [1.165, 1.54) is 17.2 Å². The fraction of sp³-hybridized carbons (Fsp3) is 0.316. The van der Waals surface area contributed by atoms with Crippen LogP contribution < -0.4 is 5.32 Å². The molecule has 2 amide bonds. The molecule has 0 atom stereocenters. The first-order valence-electron chi connectivity index (χ1n) is 8.02. The molecular formula is C19H23N3O3. The first kappa shape index (κ1) is 18.4. The summed E-state index contributed by atoms with van der Waals surface area (Å²) in [4.78, 5) is 26.2. The molecule has 0 aliphatic heterocycles. The average Bonchev–Trinajstić information content (AvgIpc) is 3.06. The number of carbonyl (C=O) groups is 2. The molecule has 0 saturated carbocycles. The van der Waals surface area contributed by atoms with Gasteiger partial charge in [0.1, 0.15) is 12.8 Å². The fourth-order valence-electron chi connectivity index (χ4n) is 2.30. The largest absolute Gasteiger partial charge is 0.363 e. The van der Waals surface area contributed by atoms with E-state index in [2.05, 4.69) is 42.3 Å². The van der Waals surface area contributed by atoms with E-state index in [9.17, 15) is 9.59 Å². The van der Waals surface area contributed by atoms with Gasteiger partial charge in [0, 0.05) is 18.2 Å². The maximum Gasteiger partial charge on any atom is 0.254 e. The van der Waals surface area contributed by atoms with Gasteiger partial charge in [-0.05, 0) is 23.1 Å². The third-order valence-electron chi connectivity index (χ3n) is 3.67. The molecule has 0 saturated heterocycles. The minimum atomic E-state index is -0.351. The number of anilines is 1. The van der Waals surface area contributed by atoms with Crippen molar-refractivity contribution in [2.45, 2.75) is 26.2 Å². The predicted molar refractivity (Wildman–Crippen MR) is 96.4 cm³/mol. The van der Waals surface area contributed by atoms with Gasteiger partial charge in [0.2, 0.25) is 5.91 Å². The molecule has 0 bridgehead atoms. The van der Waals surface area contributed by atoms with Crippen molar-refractivity contribution in [3.8, 4) is 0 Å². The molecule has 0 radical (unpaired) electrons. The summed E-state index contributed by atoms with van der Waals surface area (Å²) in [6.45, 7) is 10.2. The zero-order valence-electron chi connectivity index (χ0n) is 14.8. The zero-order valence-corrected chi connectivity index (χ0v) is 14.8. The Morgan fingerprint density at radius 2 is 1.92 bits per heavy atom. The molecule has 6 nitrogen and oxygen atoms in total. The van der Waals surface area contributed by atoms with E-state index in [1.807, 2.05) is 12.1 Å². The van der Waals surface area contributed by atoms with E-state index in [4.69, 9.17) is 0 Å². The Morgan fingerprint density at radius 3 is 2.44 bits per heavy atom. The predicted octanol–water partition coefficient (Wildman–Crippen LogP) is 3.24. The molecule has 2 aromatic rings. The second-order valence-corrected chi connectivity index (χ2v) is 6.73. The van der Waals surface area contributed by atoms with Crippen LogP contribution in [0, 0.1) is 0 Å². The van der Waals surface area contributed by atoms with Gasteiger partial charge in [0.15, 0.2) is 5.82 Å². The quantitative estimate of drug-likeness (QED) is 0.819. The SMILES string of the molecule is C=CCN(CC(=O)Nc1ccon1)C(=O)c1ccc(C(C)(C)C)cc1. The monoisotopic (exact) mass is 341 g/mol. The van der Waals surface area contributed by atoms with Crippen LogP contribution in [0.4, 0.5) is 5.82 Å². The Balaban J connectivity index is 2.09. The van der Waals surface area contributed by atoms with Gasteiger partial charge >= 0.3 is 0 Å². The highest BCUT2D eigenvalue weighted by Crippen LogP contribution is 2.22. The molecule has 1 N–H and O–H groups in total. The second-order valence-electron chi connectivity index (χ2n) is 6.73. The van der Waals surface area contributed by atoms with Gasteiger partial charge in [0.25, 0.3) is 5.91 Å². The minimum Gasteiger partial charge on any atom is -0.363 e. The van der Waals surface area contributed by atoms with E-state index >= 15 is 0 Å². The van der Waals surface area contributed by atoms with Gasteiger partial charge in [-0.1, -0.05) is 44.1 Å². The molecule has 2 rings (SSSR count). The summed E-state index contributed by atoms with van der Waals surface area (Å²) in [7, 11) is 0. The summed E-state index contributed by atoms with van der Waals surface area (Å²) in [5, 5.41) is 6.19. The molecule has 0 unspecified atom stereocenters. The van der Waals surface area contributed by atoms with Crippen LogP contribution in [-0.2, 0) is 10.2 Å². The van der Waals surface area contributed by atoms with E-state index in [0.717, 1.165) is 5.56 Å². The number of rotatable bonds is 6. The molecule has 1 heterocycles. The molecular weight excluding hydrogens is 318 g/mol. The van der Waals surface area contributed by atoms with Gasteiger partial charge < -0.3 is 14.7 Å². The molecule has 25 heavy (non-hydrogen) atoms. The van der Waals surface area contributed by atoms with Crippen LogP contribution in [0.3, 0.4) is 0 Å². The Labute approximate surface area is 147 Å². The highest BCUT2D eigenvalue weighted by atomic mass is 16.5. The van der Waals surface area contributed by atoms with Gasteiger partial charge in [-0.25, -0.2) is 0 Å². The maximum absolute atomic E-state index is 12.7. The zero-order chi connectivity index (χ0) is 18.4. The summed E-state index contributed by atoms with van der Waals surface area (Å²) in [5.74, 6) is -0.267. The summed E-state index contributed by atoms with van der Waals surface area (Å²) >= 11 is 0. The van der Waals surface area contributed by atoms with Crippen LogP contribution in [0.5, 0.6) is 0 Å². The average molecular weight is 341 g/mol. The van der Waals surface area contributed by atoms with Crippen molar-refractivity contribution in [3.05, 3.63) is 60.4 Å². The lowest BCUT2D eigenvalue weighted by Gasteiger charge is -2.22. The lowest BCUT2D eigenvalue weighted by Crippen LogP contribution is -2.38. The maximum atomic E-state index is 12.7. The molecule has 6 heteroatoms. The van der Waals surface area contributed by atoms with Crippen LogP contribution in [-0.4, -0.2) is 35.0 Å². The van der Waals surface area contributed by atoms with Crippen molar-refractivity contribution in [2.24, 2.45) is 0 Å². The van der Waals surface area contributed by atoms with Gasteiger partial charge in [0.05, 0.1) is 0 Å². The Morgan fingerprint density at radius 1 is 1.24 bits per heavy atom. The smallest absolute Gasteiger partial charge is 0.254 e. The molecule has 0 aliphatic carbocycles. The van der Waals surface area contributed by atoms with Crippen LogP contribution in [0.15, 0.2) is 53.8 Å². The number of nitrogens with zero attached hydrogens (tertiary/aromatic N) is 2. The molecule has 0 fully saturated rings. The van der Waals surface area contributed by atoms with Crippen molar-refractivity contribution in [3.63, 3.8) is 0 Å². The normalized spacial score (nSPS) is 11.0. The van der Waals surface area contributed by atoms with Crippen molar-refractivity contribution in [1.82, 2.24) is 10.1 Å². The molecule has 1 aromatic carbocycles. The standard InChI is InChI=1S/C19H23N3O3/c1-5-11-22(13-17(23)20-16-10-12-25-21-16)18(24)14-6-8-15(9-7-14)19(2,3)4/h5-10,12H,1,11,13H2,2-4H3,(H,20,21,23). The van der Waals surface area contributed by atoms with Crippen molar-refractivity contribution in [2.75, 3.05) is 18.4 Å². The van der Waals surface area contributed by atoms with E-state index < -0.39 is 0 Å². The molecule has 0 aliphatic rings. The van der Waals surface area contributed by atoms with E-state index in [1.54, 1.807) is 18.2 Å². The van der Waals surface area contributed by atoms with Crippen LogP contribution in [0.25, 0.3) is 0 Å². The fourth-order valence-corrected chi connectivity index (χ4v) is 2.30. The lowest BCUT2D eigenvalue weighted by molar-refractivity contribution is -0.116. The van der Waals surface area contributed by atoms with Crippen molar-refractivity contribution < 1.29 is 14.1 Å².